The molecule has 31 heavy (non-hydrogen) atoms. The van der Waals surface area contributed by atoms with Gasteiger partial charge >= 0.3 is 0 Å². The van der Waals surface area contributed by atoms with E-state index in [1.54, 1.807) is 12.1 Å². The van der Waals surface area contributed by atoms with E-state index in [1.165, 1.54) is 0 Å². The smallest absolute Gasteiger partial charge is 0.174 e. The molecule has 1 heterocycles. The molecule has 3 rings (SSSR count). The maximum Gasteiger partial charge on any atom is 0.174 e. The molecule has 1 aliphatic rings. The molecule has 7 heteroatoms. The molecule has 2 aromatic carbocycles. The number of halogens is 1. The second-order valence-electron chi connectivity index (χ2n) is 7.43. The topological polar surface area (TPSA) is 66.8 Å². The van der Waals surface area contributed by atoms with Crippen LogP contribution in [-0.2, 0) is 11.3 Å². The van der Waals surface area contributed by atoms with Crippen LogP contribution in [-0.4, -0.2) is 18.0 Å². The van der Waals surface area contributed by atoms with Gasteiger partial charge in [-0.25, -0.2) is 5.01 Å². The Morgan fingerprint density at radius 3 is 2.74 bits per heavy atom. The first-order valence-corrected chi connectivity index (χ1v) is 11.6. The predicted octanol–water partition coefficient (Wildman–Crippen LogP) is 5.72. The maximum atomic E-state index is 9.48. The number of benzene rings is 2. The van der Waals surface area contributed by atoms with Gasteiger partial charge in [-0.05, 0) is 75.1 Å². The van der Waals surface area contributed by atoms with Gasteiger partial charge in [0.1, 0.15) is 17.6 Å². The Morgan fingerprint density at radius 2 is 2.03 bits per heavy atom. The Kier molecular flexibility index (Phi) is 8.21. The number of rotatable bonds is 10. The van der Waals surface area contributed by atoms with Gasteiger partial charge in [-0.1, -0.05) is 28.4 Å². The van der Waals surface area contributed by atoms with Crippen molar-refractivity contribution in [1.29, 1.82) is 5.26 Å². The third-order valence-corrected chi connectivity index (χ3v) is 5.30. The number of anilines is 1. The number of ether oxygens (including phenoxy) is 2. The number of hydrogen-bond acceptors (Lipinski definition) is 6. The van der Waals surface area contributed by atoms with Crippen molar-refractivity contribution >= 4 is 27.4 Å². The molecule has 164 valence electrons. The highest BCUT2D eigenvalue weighted by Crippen LogP contribution is 2.31. The van der Waals surface area contributed by atoms with Crippen LogP contribution in [0.1, 0.15) is 50.3 Å². The summed E-state index contributed by atoms with van der Waals surface area (Å²) in [6, 6.07) is 13.7. The van der Waals surface area contributed by atoms with E-state index in [0.29, 0.717) is 23.7 Å². The molecule has 0 saturated heterocycles. The summed E-state index contributed by atoms with van der Waals surface area (Å²) in [6.07, 6.45) is 4.85. The SMILES string of the molecule is CCc1cc(OCCCCBr)ccc1N1C=C(c2ccc(OC(C)C)c(C#N)c2)ON1. The molecular weight excluding hydrogens is 458 g/mol. The average molecular weight is 486 g/mol. The second kappa shape index (κ2) is 11.1. The van der Waals surface area contributed by atoms with E-state index in [4.69, 9.17) is 14.3 Å². The van der Waals surface area contributed by atoms with Crippen molar-refractivity contribution in [1.82, 2.24) is 5.59 Å². The zero-order chi connectivity index (χ0) is 22.2. The highest BCUT2D eigenvalue weighted by molar-refractivity contribution is 9.09. The number of hydrazine groups is 1. The maximum absolute atomic E-state index is 9.48. The van der Waals surface area contributed by atoms with Crippen LogP contribution < -0.4 is 20.1 Å². The van der Waals surface area contributed by atoms with Gasteiger partial charge in [0.25, 0.3) is 0 Å². The van der Waals surface area contributed by atoms with Gasteiger partial charge in [0.05, 0.1) is 30.2 Å². The van der Waals surface area contributed by atoms with E-state index in [0.717, 1.165) is 47.2 Å². The molecule has 1 N–H and O–H groups in total. The summed E-state index contributed by atoms with van der Waals surface area (Å²) in [5, 5.41) is 12.3. The molecule has 0 spiro atoms. The molecule has 1 aliphatic heterocycles. The Labute approximate surface area is 192 Å². The van der Waals surface area contributed by atoms with Gasteiger partial charge < -0.3 is 14.3 Å². The van der Waals surface area contributed by atoms with Crippen molar-refractivity contribution in [3.63, 3.8) is 0 Å². The summed E-state index contributed by atoms with van der Waals surface area (Å²) in [5.41, 5.74) is 6.35. The first-order valence-electron chi connectivity index (χ1n) is 10.5. The molecular formula is C24H28BrN3O3. The minimum Gasteiger partial charge on any atom is -0.494 e. The largest absolute Gasteiger partial charge is 0.494 e. The minimum atomic E-state index is 0.000807. The fourth-order valence-corrected chi connectivity index (χ4v) is 3.60. The average Bonchev–Trinajstić information content (AvgIpc) is 3.26. The fourth-order valence-electron chi connectivity index (χ4n) is 3.20. The number of hydrogen-bond donors (Lipinski definition) is 1. The van der Waals surface area contributed by atoms with Crippen molar-refractivity contribution in [3.8, 4) is 17.6 Å². The molecule has 0 radical (unpaired) electrons. The monoisotopic (exact) mass is 485 g/mol. The van der Waals surface area contributed by atoms with Crippen LogP contribution in [0.25, 0.3) is 5.76 Å². The van der Waals surface area contributed by atoms with Crippen LogP contribution in [0.3, 0.4) is 0 Å². The Balaban J connectivity index is 1.77. The number of nitrogens with one attached hydrogen (secondary N) is 1. The van der Waals surface area contributed by atoms with Crippen LogP contribution in [0, 0.1) is 11.3 Å². The zero-order valence-corrected chi connectivity index (χ0v) is 19.7. The van der Waals surface area contributed by atoms with Gasteiger partial charge in [0.15, 0.2) is 5.76 Å². The summed E-state index contributed by atoms with van der Waals surface area (Å²) < 4.78 is 11.6. The quantitative estimate of drug-likeness (QED) is 0.343. The van der Waals surface area contributed by atoms with E-state index in [-0.39, 0.29) is 6.10 Å². The van der Waals surface area contributed by atoms with Gasteiger partial charge in [-0.15, -0.1) is 0 Å². The van der Waals surface area contributed by atoms with Gasteiger partial charge in [0, 0.05) is 10.9 Å². The summed E-state index contributed by atoms with van der Waals surface area (Å²) in [6.45, 7) is 6.69. The van der Waals surface area contributed by atoms with Crippen molar-refractivity contribution < 1.29 is 14.3 Å². The number of nitriles is 1. The standard InChI is InChI=1S/C24H28BrN3O3/c1-4-18-14-21(29-12-6-5-11-25)8-9-22(18)28-16-24(31-27-28)19-7-10-23(30-17(2)3)20(13-19)15-26/h7-10,13-14,16-17,27H,4-6,11-12H2,1-3H3. The van der Waals surface area contributed by atoms with Crippen molar-refractivity contribution in [2.75, 3.05) is 16.9 Å². The van der Waals surface area contributed by atoms with Crippen LogP contribution in [0.2, 0.25) is 0 Å². The first-order chi connectivity index (χ1) is 15.0. The lowest BCUT2D eigenvalue weighted by Crippen LogP contribution is -2.28. The lowest BCUT2D eigenvalue weighted by molar-refractivity contribution is 0.180. The first kappa shape index (κ1) is 23.0. The van der Waals surface area contributed by atoms with Crippen LogP contribution in [0.15, 0.2) is 42.6 Å². The summed E-state index contributed by atoms with van der Waals surface area (Å²) >= 11 is 3.44. The molecule has 0 bridgehead atoms. The van der Waals surface area contributed by atoms with E-state index in [1.807, 2.05) is 43.3 Å². The molecule has 0 amide bonds. The molecule has 0 aliphatic carbocycles. The zero-order valence-electron chi connectivity index (χ0n) is 18.2. The lowest BCUT2D eigenvalue weighted by Gasteiger charge is -2.18. The number of aryl methyl sites for hydroxylation is 1. The van der Waals surface area contributed by atoms with Gasteiger partial charge in [0.2, 0.25) is 0 Å². The Hall–Kier alpha value is -2.69. The second-order valence-corrected chi connectivity index (χ2v) is 8.23. The molecule has 6 nitrogen and oxygen atoms in total. The number of unbranched alkanes of at least 4 members (excludes halogenated alkanes) is 1. The van der Waals surface area contributed by atoms with Gasteiger partial charge in [-0.3, -0.25) is 0 Å². The van der Waals surface area contributed by atoms with Crippen molar-refractivity contribution in [3.05, 3.63) is 59.3 Å². The summed E-state index contributed by atoms with van der Waals surface area (Å²) in [7, 11) is 0. The van der Waals surface area contributed by atoms with Crippen LogP contribution >= 0.6 is 15.9 Å². The van der Waals surface area contributed by atoms with Crippen molar-refractivity contribution in [2.24, 2.45) is 0 Å². The number of nitrogens with zero attached hydrogens (tertiary/aromatic N) is 2. The van der Waals surface area contributed by atoms with E-state index < -0.39 is 0 Å². The molecule has 0 aromatic heterocycles. The molecule has 0 atom stereocenters. The highest BCUT2D eigenvalue weighted by Gasteiger charge is 2.20. The molecule has 0 saturated carbocycles. The minimum absolute atomic E-state index is 0.000807. The van der Waals surface area contributed by atoms with E-state index >= 15 is 0 Å². The van der Waals surface area contributed by atoms with E-state index in [2.05, 4.69) is 40.6 Å². The Morgan fingerprint density at radius 1 is 1.19 bits per heavy atom. The van der Waals surface area contributed by atoms with Crippen LogP contribution in [0.5, 0.6) is 11.5 Å². The summed E-state index contributed by atoms with van der Waals surface area (Å²) in [4.78, 5) is 5.70. The molecule has 0 fully saturated rings. The Bertz CT molecular complexity index is 969. The third kappa shape index (κ3) is 5.93. The highest BCUT2D eigenvalue weighted by atomic mass is 79.9. The summed E-state index contributed by atoms with van der Waals surface area (Å²) in [5.74, 6) is 2.08. The lowest BCUT2D eigenvalue weighted by atomic mass is 10.1. The predicted molar refractivity (Wildman–Crippen MR) is 126 cm³/mol. The van der Waals surface area contributed by atoms with Crippen molar-refractivity contribution in [2.45, 2.75) is 46.1 Å². The molecule has 2 aromatic rings. The third-order valence-electron chi connectivity index (χ3n) is 4.74. The van der Waals surface area contributed by atoms with Crippen LogP contribution in [0.4, 0.5) is 5.69 Å². The van der Waals surface area contributed by atoms with E-state index in [9.17, 15) is 5.26 Å². The molecule has 0 unspecified atom stereocenters. The fraction of sp³-hybridized carbons (Fsp3) is 0.375. The number of alkyl halides is 1. The normalized spacial score (nSPS) is 13.0. The van der Waals surface area contributed by atoms with Gasteiger partial charge in [-0.2, -0.15) is 5.26 Å².